The Labute approximate surface area is 187 Å². The topological polar surface area (TPSA) is 75.7 Å². The molecule has 8 heteroatoms. The molecular weight excluding hydrogens is 436 g/mol. The minimum absolute atomic E-state index is 0.344. The lowest BCUT2D eigenvalue weighted by Gasteiger charge is -2.22. The molecule has 0 unspecified atom stereocenters. The van der Waals surface area contributed by atoms with Crippen LogP contribution in [0.25, 0.3) is 0 Å². The number of sulfonamides is 1. The van der Waals surface area contributed by atoms with E-state index in [-0.39, 0.29) is 6.54 Å². The normalized spacial score (nSPS) is 11.1. The Morgan fingerprint density at radius 3 is 2.32 bits per heavy atom. The molecule has 0 aliphatic rings. The summed E-state index contributed by atoms with van der Waals surface area (Å²) >= 11 is 6.09. The van der Waals surface area contributed by atoms with Crippen LogP contribution < -0.4 is 14.4 Å². The fraction of sp³-hybridized carbons (Fsp3) is 0.174. The number of benzene rings is 3. The molecular formula is C23H23ClN2O4S. The van der Waals surface area contributed by atoms with E-state index < -0.39 is 15.9 Å². The number of ether oxygens (including phenoxy) is 1. The van der Waals surface area contributed by atoms with Gasteiger partial charge in [0.1, 0.15) is 12.3 Å². The highest BCUT2D eigenvalue weighted by atomic mass is 35.5. The Morgan fingerprint density at radius 2 is 1.71 bits per heavy atom. The number of rotatable bonds is 8. The van der Waals surface area contributed by atoms with Gasteiger partial charge in [0, 0.05) is 5.02 Å². The number of aryl methyl sites for hydroxylation is 1. The summed E-state index contributed by atoms with van der Waals surface area (Å²) in [4.78, 5) is 12.8. The van der Waals surface area contributed by atoms with Crippen LogP contribution in [0.5, 0.6) is 11.5 Å². The largest absolute Gasteiger partial charge is 0.455 e. The Bertz CT molecular complexity index is 1150. The number of hydrogen-bond acceptors (Lipinski definition) is 4. The molecule has 0 bridgehead atoms. The predicted molar refractivity (Wildman–Crippen MR) is 125 cm³/mol. The number of halogens is 1. The molecule has 0 atom stereocenters. The molecule has 0 saturated heterocycles. The standard InChI is InChI=1S/C23H23ClN2O4S/c1-3-17-9-12-19(13-10-17)26(31(2,28)29)16-23(27)25-21-15-18(24)11-14-22(21)30-20-7-5-4-6-8-20/h4-15H,3,16H2,1-2H3,(H,25,27). The Hall–Kier alpha value is -3.03. The first-order valence-corrected chi connectivity index (χ1v) is 11.9. The van der Waals surface area contributed by atoms with Crippen molar-refractivity contribution in [1.29, 1.82) is 0 Å². The van der Waals surface area contributed by atoms with Gasteiger partial charge in [-0.15, -0.1) is 0 Å². The number of carbonyl (C=O) groups excluding carboxylic acids is 1. The van der Waals surface area contributed by atoms with Gasteiger partial charge >= 0.3 is 0 Å². The van der Waals surface area contributed by atoms with Crippen LogP contribution in [0.1, 0.15) is 12.5 Å². The zero-order valence-electron chi connectivity index (χ0n) is 17.2. The zero-order chi connectivity index (χ0) is 22.4. The molecule has 3 rings (SSSR count). The molecule has 0 aromatic heterocycles. The van der Waals surface area contributed by atoms with Gasteiger partial charge < -0.3 is 10.1 Å². The quantitative estimate of drug-likeness (QED) is 0.509. The maximum Gasteiger partial charge on any atom is 0.245 e. The van der Waals surface area contributed by atoms with E-state index in [1.807, 2.05) is 37.3 Å². The van der Waals surface area contributed by atoms with Gasteiger partial charge in [-0.2, -0.15) is 0 Å². The molecule has 0 aliphatic carbocycles. The van der Waals surface area contributed by atoms with Gasteiger partial charge in [-0.1, -0.05) is 48.9 Å². The monoisotopic (exact) mass is 458 g/mol. The lowest BCUT2D eigenvalue weighted by Crippen LogP contribution is -2.37. The van der Waals surface area contributed by atoms with Crippen LogP contribution in [-0.2, 0) is 21.2 Å². The van der Waals surface area contributed by atoms with Crippen molar-refractivity contribution in [3.8, 4) is 11.5 Å². The maximum absolute atomic E-state index is 12.8. The van der Waals surface area contributed by atoms with Crippen molar-refractivity contribution in [3.63, 3.8) is 0 Å². The summed E-state index contributed by atoms with van der Waals surface area (Å²) in [6, 6.07) is 21.0. The van der Waals surface area contributed by atoms with Crippen molar-refractivity contribution in [2.75, 3.05) is 22.4 Å². The second kappa shape index (κ2) is 9.85. The maximum atomic E-state index is 12.8. The minimum Gasteiger partial charge on any atom is -0.455 e. The van der Waals surface area contributed by atoms with Gasteiger partial charge in [-0.05, 0) is 54.4 Å². The molecule has 0 aliphatic heterocycles. The van der Waals surface area contributed by atoms with Crippen molar-refractivity contribution >= 4 is 38.9 Å². The van der Waals surface area contributed by atoms with Gasteiger partial charge in [0.25, 0.3) is 0 Å². The third-order valence-electron chi connectivity index (χ3n) is 4.51. The highest BCUT2D eigenvalue weighted by Crippen LogP contribution is 2.32. The third-order valence-corrected chi connectivity index (χ3v) is 5.88. The molecule has 31 heavy (non-hydrogen) atoms. The lowest BCUT2D eigenvalue weighted by molar-refractivity contribution is -0.114. The number of hydrogen-bond donors (Lipinski definition) is 1. The Morgan fingerprint density at radius 1 is 1.03 bits per heavy atom. The molecule has 0 radical (unpaired) electrons. The van der Waals surface area contributed by atoms with E-state index in [2.05, 4.69) is 5.32 Å². The second-order valence-corrected chi connectivity index (χ2v) is 9.24. The van der Waals surface area contributed by atoms with E-state index in [9.17, 15) is 13.2 Å². The van der Waals surface area contributed by atoms with Crippen molar-refractivity contribution in [1.82, 2.24) is 0 Å². The van der Waals surface area contributed by atoms with Crippen molar-refractivity contribution < 1.29 is 17.9 Å². The summed E-state index contributed by atoms with van der Waals surface area (Å²) < 4.78 is 31.6. The summed E-state index contributed by atoms with van der Waals surface area (Å²) in [5, 5.41) is 3.12. The van der Waals surface area contributed by atoms with Crippen molar-refractivity contribution in [2.24, 2.45) is 0 Å². The van der Waals surface area contributed by atoms with Crippen LogP contribution in [0, 0.1) is 0 Å². The number of anilines is 2. The van der Waals surface area contributed by atoms with Gasteiger partial charge in [-0.3, -0.25) is 9.10 Å². The first-order valence-electron chi connectivity index (χ1n) is 9.65. The fourth-order valence-electron chi connectivity index (χ4n) is 2.92. The molecule has 0 saturated carbocycles. The molecule has 162 valence electrons. The number of nitrogens with zero attached hydrogens (tertiary/aromatic N) is 1. The molecule has 1 amide bonds. The van der Waals surface area contributed by atoms with E-state index in [1.54, 1.807) is 42.5 Å². The van der Waals surface area contributed by atoms with E-state index in [0.717, 1.165) is 22.5 Å². The van der Waals surface area contributed by atoms with Gasteiger partial charge in [0.15, 0.2) is 5.75 Å². The molecule has 0 spiro atoms. The van der Waals surface area contributed by atoms with Crippen LogP contribution in [0.3, 0.4) is 0 Å². The van der Waals surface area contributed by atoms with E-state index in [0.29, 0.717) is 27.9 Å². The van der Waals surface area contributed by atoms with Crippen molar-refractivity contribution in [2.45, 2.75) is 13.3 Å². The molecule has 1 N–H and O–H groups in total. The van der Waals surface area contributed by atoms with E-state index in [4.69, 9.17) is 16.3 Å². The highest BCUT2D eigenvalue weighted by Gasteiger charge is 2.21. The van der Waals surface area contributed by atoms with Crippen LogP contribution in [0.15, 0.2) is 72.8 Å². The van der Waals surface area contributed by atoms with Crippen LogP contribution >= 0.6 is 11.6 Å². The average molecular weight is 459 g/mol. The van der Waals surface area contributed by atoms with Gasteiger partial charge in [-0.25, -0.2) is 8.42 Å². The summed E-state index contributed by atoms with van der Waals surface area (Å²) in [7, 11) is -3.68. The van der Waals surface area contributed by atoms with Gasteiger partial charge in [0.2, 0.25) is 15.9 Å². The van der Waals surface area contributed by atoms with E-state index in [1.165, 1.54) is 0 Å². The fourth-order valence-corrected chi connectivity index (χ4v) is 3.95. The molecule has 0 fully saturated rings. The zero-order valence-corrected chi connectivity index (χ0v) is 18.8. The van der Waals surface area contributed by atoms with Gasteiger partial charge in [0.05, 0.1) is 17.6 Å². The van der Waals surface area contributed by atoms with Crippen LogP contribution in [0.2, 0.25) is 5.02 Å². The Balaban J connectivity index is 1.81. The highest BCUT2D eigenvalue weighted by molar-refractivity contribution is 7.92. The lowest BCUT2D eigenvalue weighted by atomic mass is 10.1. The number of nitrogens with one attached hydrogen (secondary N) is 1. The van der Waals surface area contributed by atoms with E-state index >= 15 is 0 Å². The SMILES string of the molecule is CCc1ccc(N(CC(=O)Nc2cc(Cl)ccc2Oc2ccccc2)S(C)(=O)=O)cc1. The summed E-state index contributed by atoms with van der Waals surface area (Å²) in [5.74, 6) is 0.460. The smallest absolute Gasteiger partial charge is 0.245 e. The first-order chi connectivity index (χ1) is 14.8. The minimum atomic E-state index is -3.68. The summed E-state index contributed by atoms with van der Waals surface area (Å²) in [6.07, 6.45) is 1.90. The first kappa shape index (κ1) is 22.7. The van der Waals surface area contributed by atoms with Crippen LogP contribution in [-0.4, -0.2) is 27.1 Å². The molecule has 3 aromatic carbocycles. The molecule has 6 nitrogen and oxygen atoms in total. The number of carbonyl (C=O) groups is 1. The number of para-hydroxylation sites is 1. The second-order valence-electron chi connectivity index (χ2n) is 6.89. The summed E-state index contributed by atoms with van der Waals surface area (Å²) in [6.45, 7) is 1.62. The van der Waals surface area contributed by atoms with Crippen molar-refractivity contribution in [3.05, 3.63) is 83.4 Å². The van der Waals surface area contributed by atoms with Crippen LogP contribution in [0.4, 0.5) is 11.4 Å². The average Bonchev–Trinajstić information content (AvgIpc) is 2.74. The number of amides is 1. The third kappa shape index (κ3) is 6.23. The summed E-state index contributed by atoms with van der Waals surface area (Å²) in [5.41, 5.74) is 1.83. The predicted octanol–water partition coefficient (Wildman–Crippen LogP) is 5.10. The molecule has 3 aromatic rings. The Kier molecular flexibility index (Phi) is 7.20. The molecule has 0 heterocycles.